The Morgan fingerprint density at radius 1 is 0.974 bits per heavy atom. The molecule has 0 atom stereocenters. The summed E-state index contributed by atoms with van der Waals surface area (Å²) in [5.74, 6) is 1.49. The van der Waals surface area contributed by atoms with Gasteiger partial charge in [0.1, 0.15) is 30.3 Å². The molecule has 0 bridgehead atoms. The monoisotopic (exact) mass is 528 g/mol. The van der Waals surface area contributed by atoms with Crippen LogP contribution in [-0.4, -0.2) is 56.6 Å². The molecule has 0 unspecified atom stereocenters. The van der Waals surface area contributed by atoms with Crippen LogP contribution in [0.5, 0.6) is 11.5 Å². The summed E-state index contributed by atoms with van der Waals surface area (Å²) in [4.78, 5) is 28.1. The summed E-state index contributed by atoms with van der Waals surface area (Å²) in [6, 6.07) is 21.4. The van der Waals surface area contributed by atoms with Crippen LogP contribution >= 0.6 is 0 Å². The minimum atomic E-state index is -0.267. The van der Waals surface area contributed by atoms with Crippen molar-refractivity contribution in [2.45, 2.75) is 12.8 Å². The molecule has 1 aliphatic rings. The maximum Gasteiger partial charge on any atom is 0.255 e. The molecule has 5 rings (SSSR count). The molecule has 2 heterocycles. The summed E-state index contributed by atoms with van der Waals surface area (Å²) in [6.07, 6.45) is 3.24. The fourth-order valence-corrected chi connectivity index (χ4v) is 4.51. The molecule has 39 heavy (non-hydrogen) atoms. The average Bonchev–Trinajstić information content (AvgIpc) is 3.62. The number of nitrogens with one attached hydrogen (secondary N) is 1. The van der Waals surface area contributed by atoms with Gasteiger partial charge in [-0.2, -0.15) is 0 Å². The molecular weight excluding hydrogens is 496 g/mol. The lowest BCUT2D eigenvalue weighted by atomic mass is 10.2. The maximum atomic E-state index is 12.5. The number of furan rings is 1. The van der Waals surface area contributed by atoms with E-state index in [1.54, 1.807) is 48.5 Å². The molecule has 0 aliphatic carbocycles. The number of benzene rings is 3. The number of para-hydroxylation sites is 2. The van der Waals surface area contributed by atoms with Gasteiger partial charge in [-0.25, -0.2) is 0 Å². The molecule has 0 spiro atoms. The second kappa shape index (κ2) is 12.4. The maximum absolute atomic E-state index is 12.5. The number of carbonyl (C=O) groups excluding carboxylic acids is 2. The van der Waals surface area contributed by atoms with Crippen LogP contribution in [0.15, 0.2) is 77.2 Å². The van der Waals surface area contributed by atoms with Crippen LogP contribution in [0.25, 0.3) is 11.0 Å². The van der Waals surface area contributed by atoms with Crippen LogP contribution < -0.4 is 25.4 Å². The van der Waals surface area contributed by atoms with Crippen LogP contribution in [0.1, 0.15) is 23.2 Å². The SMILES string of the molecule is Nc1ccccc1NC(=O)c1ccc(OCCN(C=O)c2cc3ccc(OCCN4CCCC4)cc3o2)cc1. The third kappa shape index (κ3) is 6.69. The zero-order valence-electron chi connectivity index (χ0n) is 21.7. The predicted molar refractivity (Wildman–Crippen MR) is 152 cm³/mol. The highest BCUT2D eigenvalue weighted by Gasteiger charge is 2.14. The Hall–Kier alpha value is -4.50. The summed E-state index contributed by atoms with van der Waals surface area (Å²) >= 11 is 0. The lowest BCUT2D eigenvalue weighted by Gasteiger charge is -2.15. The number of fused-ring (bicyclic) bond motifs is 1. The molecule has 1 fully saturated rings. The molecule has 1 aliphatic heterocycles. The first-order valence-electron chi connectivity index (χ1n) is 13.1. The molecule has 9 nitrogen and oxygen atoms in total. The second-order valence-corrected chi connectivity index (χ2v) is 9.39. The lowest BCUT2D eigenvalue weighted by molar-refractivity contribution is -0.107. The molecule has 4 aromatic rings. The molecule has 0 saturated carbocycles. The smallest absolute Gasteiger partial charge is 0.255 e. The van der Waals surface area contributed by atoms with Gasteiger partial charge < -0.3 is 24.9 Å². The zero-order valence-corrected chi connectivity index (χ0v) is 21.7. The second-order valence-electron chi connectivity index (χ2n) is 9.39. The van der Waals surface area contributed by atoms with Crippen molar-refractivity contribution in [1.82, 2.24) is 4.90 Å². The highest BCUT2D eigenvalue weighted by atomic mass is 16.5. The summed E-state index contributed by atoms with van der Waals surface area (Å²) in [5.41, 5.74) is 8.08. The van der Waals surface area contributed by atoms with Gasteiger partial charge in [-0.1, -0.05) is 12.1 Å². The van der Waals surface area contributed by atoms with E-state index < -0.39 is 0 Å². The third-order valence-electron chi connectivity index (χ3n) is 6.69. The van der Waals surface area contributed by atoms with Crippen LogP contribution in [-0.2, 0) is 4.79 Å². The molecule has 0 radical (unpaired) electrons. The Kier molecular flexibility index (Phi) is 8.28. The van der Waals surface area contributed by atoms with Crippen LogP contribution in [0.3, 0.4) is 0 Å². The van der Waals surface area contributed by atoms with Crippen molar-refractivity contribution in [2.24, 2.45) is 0 Å². The van der Waals surface area contributed by atoms with E-state index >= 15 is 0 Å². The number of hydrogen-bond acceptors (Lipinski definition) is 7. The van der Waals surface area contributed by atoms with Gasteiger partial charge in [-0.3, -0.25) is 19.4 Å². The van der Waals surface area contributed by atoms with E-state index in [2.05, 4.69) is 10.2 Å². The van der Waals surface area contributed by atoms with E-state index in [0.29, 0.717) is 40.8 Å². The molecule has 3 N–H and O–H groups in total. The van der Waals surface area contributed by atoms with Crippen molar-refractivity contribution in [3.8, 4) is 11.5 Å². The minimum Gasteiger partial charge on any atom is -0.492 e. The number of carbonyl (C=O) groups is 2. The van der Waals surface area contributed by atoms with Crippen LogP contribution in [0.2, 0.25) is 0 Å². The predicted octanol–water partition coefficient (Wildman–Crippen LogP) is 4.78. The first-order valence-corrected chi connectivity index (χ1v) is 13.1. The standard InChI is InChI=1S/C30H32N4O5/c31-26-5-1-2-6-27(26)32-30(36)22-7-10-24(11-8-22)37-18-16-34(21-35)29-19-23-9-12-25(20-28(23)39-29)38-17-15-33-13-3-4-14-33/h1-2,5-12,19-21H,3-4,13-18,31H2,(H,32,36). The van der Waals surface area contributed by atoms with Crippen molar-refractivity contribution in [3.63, 3.8) is 0 Å². The van der Waals surface area contributed by atoms with Crippen molar-refractivity contribution < 1.29 is 23.5 Å². The highest BCUT2D eigenvalue weighted by Crippen LogP contribution is 2.29. The normalized spacial score (nSPS) is 13.3. The Balaban J connectivity index is 1.12. The van der Waals surface area contributed by atoms with Crippen molar-refractivity contribution in [3.05, 3.63) is 78.4 Å². The van der Waals surface area contributed by atoms with E-state index in [1.165, 1.54) is 17.7 Å². The number of likely N-dealkylation sites (tertiary alicyclic amines) is 1. The fourth-order valence-electron chi connectivity index (χ4n) is 4.51. The minimum absolute atomic E-state index is 0.243. The number of nitrogen functional groups attached to an aromatic ring is 1. The Labute approximate surface area is 227 Å². The quantitative estimate of drug-likeness (QED) is 0.201. The summed E-state index contributed by atoms with van der Waals surface area (Å²) < 4.78 is 17.6. The van der Waals surface area contributed by atoms with Crippen molar-refractivity contribution in [2.75, 3.05) is 55.3 Å². The molecule has 1 saturated heterocycles. The topological polar surface area (TPSA) is 110 Å². The zero-order chi connectivity index (χ0) is 27.0. The first kappa shape index (κ1) is 26.1. The van der Waals surface area contributed by atoms with Gasteiger partial charge in [0, 0.05) is 29.6 Å². The van der Waals surface area contributed by atoms with E-state index in [9.17, 15) is 9.59 Å². The Bertz CT molecular complexity index is 1410. The van der Waals surface area contributed by atoms with Gasteiger partial charge in [-0.05, 0) is 74.5 Å². The van der Waals surface area contributed by atoms with Gasteiger partial charge in [0.15, 0.2) is 0 Å². The van der Waals surface area contributed by atoms with Gasteiger partial charge in [-0.15, -0.1) is 0 Å². The van der Waals surface area contributed by atoms with Gasteiger partial charge >= 0.3 is 0 Å². The van der Waals surface area contributed by atoms with E-state index in [0.717, 1.165) is 37.2 Å². The first-order chi connectivity index (χ1) is 19.1. The number of anilines is 3. The Morgan fingerprint density at radius 3 is 2.49 bits per heavy atom. The van der Waals surface area contributed by atoms with Gasteiger partial charge in [0.25, 0.3) is 5.91 Å². The highest BCUT2D eigenvalue weighted by molar-refractivity contribution is 6.05. The molecule has 9 heteroatoms. The number of amides is 2. The molecule has 3 aromatic carbocycles. The van der Waals surface area contributed by atoms with Gasteiger partial charge in [0.2, 0.25) is 12.3 Å². The van der Waals surface area contributed by atoms with Crippen LogP contribution in [0.4, 0.5) is 17.3 Å². The Morgan fingerprint density at radius 2 is 1.72 bits per heavy atom. The molecule has 202 valence electrons. The third-order valence-corrected chi connectivity index (χ3v) is 6.69. The number of rotatable bonds is 12. The largest absolute Gasteiger partial charge is 0.492 e. The van der Waals surface area contributed by atoms with E-state index in [-0.39, 0.29) is 19.1 Å². The number of ether oxygens (including phenoxy) is 2. The fraction of sp³-hybridized carbons (Fsp3) is 0.267. The van der Waals surface area contributed by atoms with Crippen molar-refractivity contribution in [1.29, 1.82) is 0 Å². The average molecular weight is 529 g/mol. The molecule has 1 aromatic heterocycles. The molecule has 2 amide bonds. The van der Waals surface area contributed by atoms with E-state index in [1.807, 2.05) is 24.3 Å². The number of nitrogens with zero attached hydrogens (tertiary/aromatic N) is 2. The number of nitrogens with two attached hydrogens (primary N) is 1. The number of hydrogen-bond donors (Lipinski definition) is 2. The molecular formula is C30H32N4O5. The summed E-state index contributed by atoms with van der Waals surface area (Å²) in [7, 11) is 0. The van der Waals surface area contributed by atoms with Crippen LogP contribution in [0, 0.1) is 0 Å². The summed E-state index contributed by atoms with van der Waals surface area (Å²) in [6.45, 7) is 4.36. The van der Waals surface area contributed by atoms with Crippen molar-refractivity contribution >= 4 is 40.5 Å². The van der Waals surface area contributed by atoms with E-state index in [4.69, 9.17) is 19.6 Å². The van der Waals surface area contributed by atoms with Gasteiger partial charge in [0.05, 0.1) is 17.9 Å². The summed E-state index contributed by atoms with van der Waals surface area (Å²) in [5, 5.41) is 3.68. The lowest BCUT2D eigenvalue weighted by Crippen LogP contribution is -2.26.